The number of benzene rings is 2. The van der Waals surface area contributed by atoms with Gasteiger partial charge in [-0.1, -0.05) is 43.2 Å². The predicted molar refractivity (Wildman–Crippen MR) is 128 cm³/mol. The van der Waals surface area contributed by atoms with Gasteiger partial charge in [-0.25, -0.2) is 4.98 Å². The molecule has 152 valence electrons. The molecule has 0 N–H and O–H groups in total. The number of hydrazine groups is 1. The van der Waals surface area contributed by atoms with Crippen molar-refractivity contribution in [2.24, 2.45) is 0 Å². The zero-order valence-corrected chi connectivity index (χ0v) is 17.9. The van der Waals surface area contributed by atoms with Crippen molar-refractivity contribution in [2.75, 3.05) is 9.91 Å². The van der Waals surface area contributed by atoms with E-state index >= 15 is 0 Å². The number of anilines is 3. The molecular weight excluding hydrogens is 383 g/mol. The summed E-state index contributed by atoms with van der Waals surface area (Å²) in [6.07, 6.45) is 4.17. The van der Waals surface area contributed by atoms with Crippen LogP contribution < -0.4 is 15.6 Å². The molecule has 0 amide bonds. The van der Waals surface area contributed by atoms with Crippen LogP contribution >= 0.6 is 0 Å². The lowest BCUT2D eigenvalue weighted by molar-refractivity contribution is 0.440. The number of hydrogen-bond acceptors (Lipinski definition) is 5. The molecule has 0 spiro atoms. The summed E-state index contributed by atoms with van der Waals surface area (Å²) < 4.78 is 6.33. The number of aromatic nitrogens is 1. The van der Waals surface area contributed by atoms with E-state index in [2.05, 4.69) is 84.0 Å². The van der Waals surface area contributed by atoms with E-state index < -0.39 is 0 Å². The lowest BCUT2D eigenvalue weighted by atomic mass is 9.58. The van der Waals surface area contributed by atoms with E-state index in [-0.39, 0.29) is 13.0 Å². The molecule has 2 aliphatic rings. The fourth-order valence-electron chi connectivity index (χ4n) is 5.05. The van der Waals surface area contributed by atoms with Gasteiger partial charge in [-0.05, 0) is 50.3 Å². The fraction of sp³-hybridized carbons (Fsp3) is 0.160. The molecule has 31 heavy (non-hydrogen) atoms. The van der Waals surface area contributed by atoms with Crippen molar-refractivity contribution in [3.63, 3.8) is 0 Å². The Kier molecular flexibility index (Phi) is 3.90. The van der Waals surface area contributed by atoms with Gasteiger partial charge in [0.15, 0.2) is 5.82 Å². The van der Waals surface area contributed by atoms with Gasteiger partial charge in [0, 0.05) is 28.5 Å². The molecule has 4 aromatic rings. The molecule has 6 rings (SSSR count). The first-order chi connectivity index (χ1) is 15.1. The van der Waals surface area contributed by atoms with Crippen LogP contribution in [0.4, 0.5) is 17.2 Å². The van der Waals surface area contributed by atoms with Crippen LogP contribution in [0.2, 0.25) is 6.82 Å². The predicted octanol–water partition coefficient (Wildman–Crippen LogP) is 5.25. The number of fused-ring (bicyclic) bond motifs is 4. The Morgan fingerprint density at radius 3 is 2.58 bits per heavy atom. The van der Waals surface area contributed by atoms with E-state index in [1.54, 1.807) is 0 Å². The number of furan rings is 1. The van der Waals surface area contributed by atoms with E-state index in [4.69, 9.17) is 9.40 Å². The van der Waals surface area contributed by atoms with E-state index in [1.807, 2.05) is 30.5 Å². The highest BCUT2D eigenvalue weighted by Gasteiger charge is 2.43. The third kappa shape index (κ3) is 2.54. The number of hydrogen-bond donors (Lipinski definition) is 0. The fourth-order valence-corrected chi connectivity index (χ4v) is 5.05. The van der Waals surface area contributed by atoms with E-state index in [0.717, 1.165) is 28.4 Å². The van der Waals surface area contributed by atoms with Crippen molar-refractivity contribution in [2.45, 2.75) is 26.8 Å². The number of allylic oxidation sites excluding steroid dienone is 1. The van der Waals surface area contributed by atoms with Crippen LogP contribution in [0.5, 0.6) is 0 Å². The molecule has 0 saturated heterocycles. The Hall–Kier alpha value is -3.67. The molecule has 4 heterocycles. The first-order valence-corrected chi connectivity index (χ1v) is 10.7. The summed E-state index contributed by atoms with van der Waals surface area (Å²) in [6.45, 7) is 6.67. The largest absolute Gasteiger partial charge is 0.468 e. The van der Waals surface area contributed by atoms with Crippen LogP contribution in [0.3, 0.4) is 0 Å². The lowest BCUT2D eigenvalue weighted by Gasteiger charge is -2.44. The van der Waals surface area contributed by atoms with Crippen LogP contribution in [0.25, 0.3) is 17.0 Å². The van der Waals surface area contributed by atoms with Crippen LogP contribution in [-0.2, 0) is 0 Å². The third-order valence-electron chi connectivity index (χ3n) is 6.36. The van der Waals surface area contributed by atoms with Crippen molar-refractivity contribution < 1.29 is 4.42 Å². The third-order valence-corrected chi connectivity index (χ3v) is 6.36. The highest BCUT2D eigenvalue weighted by Crippen LogP contribution is 2.44. The Bertz CT molecular complexity index is 1320. The van der Waals surface area contributed by atoms with Crippen molar-refractivity contribution in [3.8, 4) is 0 Å². The van der Waals surface area contributed by atoms with E-state index in [9.17, 15) is 0 Å². The summed E-state index contributed by atoms with van der Waals surface area (Å²) >= 11 is 0. The standard InChI is InChI=1S/C25H23BN4O/c1-17-16-21-20-12-7-8-14-23(20)31-24(21)26(3)30(17)29-18(2)28(19-10-5-4-6-11-19)25-22(29)13-9-15-27-25/h4-16,18H,1-3H3/t18-/m0/s1. The SMILES string of the molecule is CB1c2oc3ccccc3c2C=C(C)N1N1c2cccnc2N(c2ccccc2)[C@@H]1C. The average molecular weight is 406 g/mol. The van der Waals surface area contributed by atoms with Crippen LogP contribution in [0.15, 0.2) is 83.0 Å². The molecule has 6 heteroatoms. The maximum absolute atomic E-state index is 6.33. The van der Waals surface area contributed by atoms with Gasteiger partial charge in [0.25, 0.3) is 0 Å². The second-order valence-electron chi connectivity index (χ2n) is 8.21. The van der Waals surface area contributed by atoms with E-state index in [1.165, 1.54) is 16.6 Å². The molecule has 0 bridgehead atoms. The quantitative estimate of drug-likeness (QED) is 0.425. The molecule has 5 nitrogen and oxygen atoms in total. The zero-order valence-electron chi connectivity index (χ0n) is 17.9. The van der Waals surface area contributed by atoms with Gasteiger partial charge in [-0.3, -0.25) is 5.01 Å². The molecule has 2 aliphatic heterocycles. The topological polar surface area (TPSA) is 35.8 Å². The summed E-state index contributed by atoms with van der Waals surface area (Å²) in [4.78, 5) is 9.40. The molecule has 0 radical (unpaired) electrons. The summed E-state index contributed by atoms with van der Waals surface area (Å²) in [5, 5.41) is 3.52. The molecule has 1 atom stereocenters. The Balaban J connectivity index is 1.49. The van der Waals surface area contributed by atoms with Gasteiger partial charge < -0.3 is 14.2 Å². The van der Waals surface area contributed by atoms with Gasteiger partial charge >= 0.3 is 6.85 Å². The molecule has 0 saturated carbocycles. The van der Waals surface area contributed by atoms with Crippen LogP contribution in [-0.4, -0.2) is 22.9 Å². The number of pyridine rings is 1. The molecule has 0 aliphatic carbocycles. The Labute approximate surface area is 182 Å². The minimum Gasteiger partial charge on any atom is -0.468 e. The maximum atomic E-state index is 6.33. The highest BCUT2D eigenvalue weighted by atomic mass is 16.3. The summed E-state index contributed by atoms with van der Waals surface area (Å²) in [5.41, 5.74) is 6.54. The summed E-state index contributed by atoms with van der Waals surface area (Å²) in [6, 6.07) is 22.9. The van der Waals surface area contributed by atoms with Crippen molar-refractivity contribution >= 4 is 46.7 Å². The minimum absolute atomic E-state index is 0.0543. The van der Waals surface area contributed by atoms with Crippen molar-refractivity contribution in [1.82, 2.24) is 9.90 Å². The van der Waals surface area contributed by atoms with Crippen molar-refractivity contribution in [1.29, 1.82) is 0 Å². The molecule has 2 aromatic carbocycles. The van der Waals surface area contributed by atoms with E-state index in [0.29, 0.717) is 0 Å². The molecule has 2 aromatic heterocycles. The number of nitrogens with zero attached hydrogens (tertiary/aromatic N) is 4. The summed E-state index contributed by atoms with van der Waals surface area (Å²) in [7, 11) is 0. The molecule has 0 unspecified atom stereocenters. The maximum Gasteiger partial charge on any atom is 0.353 e. The Morgan fingerprint density at radius 1 is 0.968 bits per heavy atom. The van der Waals surface area contributed by atoms with Gasteiger partial charge in [0.1, 0.15) is 23.1 Å². The summed E-state index contributed by atoms with van der Waals surface area (Å²) in [5.74, 6) is 0.969. The van der Waals surface area contributed by atoms with Gasteiger partial charge in [0.05, 0.1) is 0 Å². The zero-order chi connectivity index (χ0) is 21.1. The normalized spacial score (nSPS) is 17.8. The van der Waals surface area contributed by atoms with Gasteiger partial charge in [-0.15, -0.1) is 0 Å². The Morgan fingerprint density at radius 2 is 1.74 bits per heavy atom. The first-order valence-electron chi connectivity index (χ1n) is 10.7. The lowest BCUT2D eigenvalue weighted by Crippen LogP contribution is -2.59. The smallest absolute Gasteiger partial charge is 0.353 e. The van der Waals surface area contributed by atoms with Gasteiger partial charge in [0.2, 0.25) is 0 Å². The van der Waals surface area contributed by atoms with Crippen molar-refractivity contribution in [3.05, 3.63) is 84.2 Å². The van der Waals surface area contributed by atoms with Crippen LogP contribution in [0.1, 0.15) is 19.4 Å². The minimum atomic E-state index is 0.0543. The van der Waals surface area contributed by atoms with Crippen LogP contribution in [0, 0.1) is 0 Å². The average Bonchev–Trinajstić information content (AvgIpc) is 3.30. The first kappa shape index (κ1) is 18.1. The molecule has 0 fully saturated rings. The monoisotopic (exact) mass is 406 g/mol. The number of rotatable bonds is 2. The second kappa shape index (κ2) is 6.67. The van der Waals surface area contributed by atoms with Gasteiger partial charge in [-0.2, -0.15) is 0 Å². The molecular formula is C25H23BN4O. The highest BCUT2D eigenvalue weighted by molar-refractivity contribution is 6.70. The second-order valence-corrected chi connectivity index (χ2v) is 8.21. The number of para-hydroxylation sites is 2.